The van der Waals surface area contributed by atoms with Gasteiger partial charge in [-0.05, 0) is 74.1 Å². The Bertz CT molecular complexity index is 1380. The van der Waals surface area contributed by atoms with E-state index in [1.165, 1.54) is 10.6 Å². The lowest BCUT2D eigenvalue weighted by atomic mass is 9.52. The molecule has 0 spiro atoms. The van der Waals surface area contributed by atoms with E-state index in [9.17, 15) is 18.3 Å². The number of para-hydroxylation sites is 2. The van der Waals surface area contributed by atoms with Crippen LogP contribution in [0, 0.1) is 17.8 Å². The highest BCUT2D eigenvalue weighted by Crippen LogP contribution is 2.55. The van der Waals surface area contributed by atoms with E-state index in [1.807, 2.05) is 41.3 Å². The fraction of sp³-hybridized carbons (Fsp3) is 0.607. The van der Waals surface area contributed by atoms with Gasteiger partial charge in [-0.3, -0.25) is 4.90 Å². The molecule has 3 unspecified atom stereocenters. The number of hydrogen-bond acceptors (Lipinski definition) is 8. The number of carbonyl (C=O) groups excluding carboxylic acids is 1. The van der Waals surface area contributed by atoms with Gasteiger partial charge >= 0.3 is 6.03 Å². The summed E-state index contributed by atoms with van der Waals surface area (Å²) in [6, 6.07) is 11.8. The average Bonchev–Trinajstić information content (AvgIpc) is 2.93. The van der Waals surface area contributed by atoms with Gasteiger partial charge in [-0.25, -0.2) is 13.2 Å². The van der Waals surface area contributed by atoms with Gasteiger partial charge in [-0.1, -0.05) is 12.1 Å². The summed E-state index contributed by atoms with van der Waals surface area (Å²) < 4.78 is 25.1. The Morgan fingerprint density at radius 1 is 0.900 bits per heavy atom. The molecule has 1 aromatic heterocycles. The third-order valence-electron chi connectivity index (χ3n) is 9.73. The Morgan fingerprint density at radius 3 is 2.17 bits per heavy atom. The molecule has 4 aliphatic carbocycles. The molecule has 2 N–H and O–H groups in total. The van der Waals surface area contributed by atoms with E-state index in [0.29, 0.717) is 62.8 Å². The van der Waals surface area contributed by atoms with Crippen molar-refractivity contribution in [3.05, 3.63) is 36.4 Å². The van der Waals surface area contributed by atoms with E-state index in [4.69, 9.17) is 0 Å². The number of carbonyl (C=O) groups is 1. The highest BCUT2D eigenvalue weighted by Gasteiger charge is 2.55. The number of sulfonamides is 1. The molecule has 5 atom stereocenters. The second-order valence-electron chi connectivity index (χ2n) is 12.4. The van der Waals surface area contributed by atoms with Crippen LogP contribution in [0.3, 0.4) is 0 Å². The maximum Gasteiger partial charge on any atom is 0.322 e. The smallest absolute Gasteiger partial charge is 0.322 e. The third kappa shape index (κ3) is 4.59. The van der Waals surface area contributed by atoms with Crippen LogP contribution in [0.2, 0.25) is 0 Å². The Labute approximate surface area is 235 Å². The first-order valence-corrected chi connectivity index (χ1v) is 16.2. The van der Waals surface area contributed by atoms with Gasteiger partial charge in [0.25, 0.3) is 0 Å². The van der Waals surface area contributed by atoms with Gasteiger partial charge in [0, 0.05) is 45.3 Å². The lowest BCUT2D eigenvalue weighted by Crippen LogP contribution is -2.63. The van der Waals surface area contributed by atoms with Gasteiger partial charge in [-0.15, -0.1) is 10.2 Å². The number of benzene rings is 1. The minimum atomic E-state index is -3.19. The number of anilines is 4. The Balaban J connectivity index is 1.05. The minimum Gasteiger partial charge on any atom is -0.390 e. The maximum absolute atomic E-state index is 13.6. The summed E-state index contributed by atoms with van der Waals surface area (Å²) >= 11 is 0. The lowest BCUT2D eigenvalue weighted by molar-refractivity contribution is -0.136. The Hall–Kier alpha value is -2.96. The number of fused-ring (bicyclic) bond motifs is 1. The second-order valence-corrected chi connectivity index (χ2v) is 14.3. The quantitative estimate of drug-likeness (QED) is 0.577. The SMILES string of the molecule is CS(=O)(=O)N1CCN(c2ccc(N3CCN(C(=O)NC4[C@@H]5CC6C[C@H]4CC(O)(C6)C5)c4ccccc43)nn2)CC1. The molecule has 1 saturated heterocycles. The maximum atomic E-state index is 13.6. The van der Waals surface area contributed by atoms with Crippen molar-refractivity contribution in [3.63, 3.8) is 0 Å². The zero-order valence-electron chi connectivity index (χ0n) is 22.8. The molecule has 40 heavy (non-hydrogen) atoms. The molecule has 0 radical (unpaired) electrons. The molecule has 3 heterocycles. The van der Waals surface area contributed by atoms with Gasteiger partial charge in [0.05, 0.1) is 23.2 Å². The molecule has 8 rings (SSSR count). The molecule has 4 bridgehead atoms. The molecular formula is C28H37N7O4S. The second kappa shape index (κ2) is 9.56. The summed E-state index contributed by atoms with van der Waals surface area (Å²) in [5.41, 5.74) is 1.24. The monoisotopic (exact) mass is 567 g/mol. The number of aliphatic hydroxyl groups is 1. The number of amides is 2. The van der Waals surface area contributed by atoms with Crippen molar-refractivity contribution in [2.75, 3.05) is 60.2 Å². The van der Waals surface area contributed by atoms with Crippen molar-refractivity contribution in [1.82, 2.24) is 19.8 Å². The summed E-state index contributed by atoms with van der Waals surface area (Å²) in [6.07, 6.45) is 5.99. The summed E-state index contributed by atoms with van der Waals surface area (Å²) in [5, 5.41) is 23.3. The zero-order chi connectivity index (χ0) is 27.6. The van der Waals surface area contributed by atoms with Crippen LogP contribution in [0.4, 0.5) is 27.8 Å². The van der Waals surface area contributed by atoms with Crippen LogP contribution in [0.25, 0.3) is 0 Å². The minimum absolute atomic E-state index is 0.0637. The molecule has 5 fully saturated rings. The van der Waals surface area contributed by atoms with E-state index < -0.39 is 15.6 Å². The van der Waals surface area contributed by atoms with Crippen LogP contribution in [-0.2, 0) is 10.0 Å². The van der Waals surface area contributed by atoms with E-state index in [2.05, 4.69) is 25.3 Å². The standard InChI is InChI=1S/C28H37N7O4S/c1-40(38,39)33-10-8-32(9-11-33)24-6-7-25(31-30-24)34-12-13-35(23-5-3-2-4-22(23)34)27(36)29-26-20-14-19-15-21(26)18-28(37,16-19)17-20/h2-7,19-21,26,37H,8-18H2,1H3,(H,29,36)/t19?,20-,21+,26?,28?. The highest BCUT2D eigenvalue weighted by atomic mass is 32.2. The topological polar surface area (TPSA) is 122 Å². The molecule has 12 heteroatoms. The zero-order valence-corrected chi connectivity index (χ0v) is 23.6. The van der Waals surface area contributed by atoms with E-state index in [0.717, 1.165) is 49.3 Å². The molecule has 2 aromatic rings. The molecule has 4 saturated carbocycles. The van der Waals surface area contributed by atoms with Crippen LogP contribution in [0.15, 0.2) is 36.4 Å². The van der Waals surface area contributed by atoms with E-state index in [1.54, 1.807) is 0 Å². The molecule has 2 aliphatic heterocycles. The van der Waals surface area contributed by atoms with Gasteiger partial charge in [-0.2, -0.15) is 4.31 Å². The van der Waals surface area contributed by atoms with Crippen LogP contribution >= 0.6 is 0 Å². The summed E-state index contributed by atoms with van der Waals surface area (Å²) in [7, 11) is -3.19. The fourth-order valence-electron chi connectivity index (χ4n) is 8.13. The van der Waals surface area contributed by atoms with Crippen LogP contribution in [-0.4, -0.2) is 91.2 Å². The number of aromatic nitrogens is 2. The van der Waals surface area contributed by atoms with E-state index in [-0.39, 0.29) is 12.1 Å². The average molecular weight is 568 g/mol. The number of nitrogens with zero attached hydrogens (tertiary/aromatic N) is 6. The molecule has 1 aromatic carbocycles. The first-order chi connectivity index (χ1) is 19.2. The summed E-state index contributed by atoms with van der Waals surface area (Å²) in [4.78, 5) is 19.6. The number of rotatable bonds is 4. The third-order valence-corrected chi connectivity index (χ3v) is 11.0. The van der Waals surface area contributed by atoms with Gasteiger partial charge in [0.2, 0.25) is 10.0 Å². The summed E-state index contributed by atoms with van der Waals surface area (Å²) in [5.74, 6) is 2.76. The van der Waals surface area contributed by atoms with Crippen molar-refractivity contribution in [3.8, 4) is 0 Å². The largest absolute Gasteiger partial charge is 0.390 e. The van der Waals surface area contributed by atoms with Crippen molar-refractivity contribution in [2.45, 2.75) is 43.7 Å². The Kier molecular flexibility index (Phi) is 6.21. The molecule has 2 amide bonds. The molecule has 6 aliphatic rings. The van der Waals surface area contributed by atoms with Crippen molar-refractivity contribution >= 4 is 39.1 Å². The number of nitrogens with one attached hydrogen (secondary N) is 1. The van der Waals surface area contributed by atoms with Crippen LogP contribution in [0.1, 0.15) is 32.1 Å². The van der Waals surface area contributed by atoms with Crippen molar-refractivity contribution in [2.24, 2.45) is 17.8 Å². The van der Waals surface area contributed by atoms with Gasteiger partial charge < -0.3 is 20.2 Å². The van der Waals surface area contributed by atoms with Gasteiger partial charge in [0.1, 0.15) is 0 Å². The summed E-state index contributed by atoms with van der Waals surface area (Å²) in [6.45, 7) is 3.12. The van der Waals surface area contributed by atoms with Crippen LogP contribution < -0.4 is 20.0 Å². The van der Waals surface area contributed by atoms with E-state index >= 15 is 0 Å². The molecule has 214 valence electrons. The highest BCUT2D eigenvalue weighted by molar-refractivity contribution is 7.88. The number of hydrogen-bond donors (Lipinski definition) is 2. The van der Waals surface area contributed by atoms with Crippen LogP contribution in [0.5, 0.6) is 0 Å². The first-order valence-electron chi connectivity index (χ1n) is 14.4. The molecular weight excluding hydrogens is 530 g/mol. The number of urea groups is 1. The van der Waals surface area contributed by atoms with Gasteiger partial charge in [0.15, 0.2) is 11.6 Å². The normalized spacial score (nSPS) is 31.8. The number of piperazine rings is 1. The lowest BCUT2D eigenvalue weighted by Gasteiger charge is -2.58. The molecule has 11 nitrogen and oxygen atoms in total. The van der Waals surface area contributed by atoms with Crippen molar-refractivity contribution < 1.29 is 18.3 Å². The Morgan fingerprint density at radius 2 is 1.55 bits per heavy atom. The predicted molar refractivity (Wildman–Crippen MR) is 152 cm³/mol. The van der Waals surface area contributed by atoms with Crippen molar-refractivity contribution in [1.29, 1.82) is 0 Å². The first kappa shape index (κ1) is 26.0. The fourth-order valence-corrected chi connectivity index (χ4v) is 8.95. The predicted octanol–water partition coefficient (Wildman–Crippen LogP) is 2.17.